The van der Waals surface area contributed by atoms with E-state index in [1.807, 2.05) is 30.3 Å². The molecule has 26 heavy (non-hydrogen) atoms. The maximum absolute atomic E-state index is 10.5. The van der Waals surface area contributed by atoms with Crippen molar-refractivity contribution in [3.63, 3.8) is 0 Å². The Balaban J connectivity index is 1.58. The molecule has 1 aliphatic heterocycles. The molecule has 0 aliphatic carbocycles. The number of thioether (sulfide) groups is 1. The van der Waals surface area contributed by atoms with Gasteiger partial charge in [-0.15, -0.1) is 10.2 Å². The first kappa shape index (κ1) is 19.4. The molecule has 1 aromatic heterocycles. The minimum absolute atomic E-state index is 0.218. The van der Waals surface area contributed by atoms with Gasteiger partial charge in [0.25, 0.3) is 0 Å². The Morgan fingerprint density at radius 2 is 1.88 bits per heavy atom. The number of aliphatic hydroxyl groups excluding tert-OH is 1. The van der Waals surface area contributed by atoms with E-state index in [1.165, 1.54) is 0 Å². The fourth-order valence-electron chi connectivity index (χ4n) is 3.44. The number of ether oxygens (including phenoxy) is 1. The van der Waals surface area contributed by atoms with Gasteiger partial charge in [0.1, 0.15) is 0 Å². The van der Waals surface area contributed by atoms with Crippen LogP contribution in [0.5, 0.6) is 0 Å². The molecular formula is C19H28N4O2S. The molecule has 1 aliphatic rings. The number of rotatable bonds is 7. The Labute approximate surface area is 159 Å². The van der Waals surface area contributed by atoms with Gasteiger partial charge in [0.05, 0.1) is 18.3 Å². The van der Waals surface area contributed by atoms with E-state index in [0.717, 1.165) is 36.2 Å². The second-order valence-corrected chi connectivity index (χ2v) is 7.84. The average molecular weight is 377 g/mol. The molecule has 0 spiro atoms. The number of hydrogen-bond donors (Lipinski definition) is 1. The largest absolute Gasteiger partial charge is 0.391 e. The third-order valence-corrected chi connectivity index (χ3v) is 5.55. The molecule has 1 aromatic carbocycles. The van der Waals surface area contributed by atoms with E-state index < -0.39 is 6.10 Å². The summed E-state index contributed by atoms with van der Waals surface area (Å²) < 4.78 is 7.85. The van der Waals surface area contributed by atoms with Gasteiger partial charge >= 0.3 is 0 Å². The van der Waals surface area contributed by atoms with Crippen LogP contribution in [0, 0.1) is 0 Å². The van der Waals surface area contributed by atoms with Crippen molar-refractivity contribution >= 4 is 11.8 Å². The second kappa shape index (κ2) is 8.99. The fourth-order valence-corrected chi connectivity index (χ4v) is 4.35. The molecule has 1 fully saturated rings. The maximum atomic E-state index is 10.5. The Bertz CT molecular complexity index is 684. The molecule has 1 N–H and O–H groups in total. The van der Waals surface area contributed by atoms with E-state index in [9.17, 15) is 5.11 Å². The van der Waals surface area contributed by atoms with Crippen molar-refractivity contribution in [3.8, 4) is 11.4 Å². The summed E-state index contributed by atoms with van der Waals surface area (Å²) >= 11 is 1.57. The molecule has 0 unspecified atom stereocenters. The number of β-amino-alcohol motifs (C(OH)–C–C–N with tert-alkyl or cyclic N) is 1. The molecule has 2 aromatic rings. The SMILES string of the molecule is CCn1c(SC[C@H](O)CN2C[C@@H](C)O[C@@H](C)C2)nnc1-c1ccccc1. The van der Waals surface area contributed by atoms with E-state index in [1.54, 1.807) is 11.8 Å². The highest BCUT2D eigenvalue weighted by Gasteiger charge is 2.24. The zero-order valence-electron chi connectivity index (χ0n) is 15.7. The summed E-state index contributed by atoms with van der Waals surface area (Å²) in [6.45, 7) is 9.46. The van der Waals surface area contributed by atoms with Gasteiger partial charge in [-0.3, -0.25) is 4.90 Å². The van der Waals surface area contributed by atoms with E-state index in [0.29, 0.717) is 12.3 Å². The molecule has 3 rings (SSSR count). The molecule has 0 bridgehead atoms. The van der Waals surface area contributed by atoms with E-state index in [-0.39, 0.29) is 12.2 Å². The lowest BCUT2D eigenvalue weighted by Gasteiger charge is -2.36. The lowest BCUT2D eigenvalue weighted by atomic mass is 10.2. The maximum Gasteiger partial charge on any atom is 0.191 e. The first-order valence-electron chi connectivity index (χ1n) is 9.24. The molecule has 0 amide bonds. The molecule has 3 atom stereocenters. The Kier molecular flexibility index (Phi) is 6.69. The molecule has 0 radical (unpaired) electrons. The van der Waals surface area contributed by atoms with Crippen LogP contribution in [-0.2, 0) is 11.3 Å². The third-order valence-electron chi connectivity index (χ3n) is 4.43. The van der Waals surface area contributed by atoms with Crippen molar-refractivity contribution < 1.29 is 9.84 Å². The third kappa shape index (κ3) is 4.85. The van der Waals surface area contributed by atoms with Gasteiger partial charge in [-0.25, -0.2) is 0 Å². The van der Waals surface area contributed by atoms with Gasteiger partial charge in [-0.05, 0) is 20.8 Å². The Hall–Kier alpha value is -1.41. The van der Waals surface area contributed by atoms with Crippen LogP contribution in [-0.4, -0.2) is 68.5 Å². The van der Waals surface area contributed by atoms with Gasteiger partial charge in [0.15, 0.2) is 11.0 Å². The van der Waals surface area contributed by atoms with Crippen molar-refractivity contribution in [2.24, 2.45) is 0 Å². The number of nitrogens with zero attached hydrogens (tertiary/aromatic N) is 4. The normalized spacial score (nSPS) is 22.5. The summed E-state index contributed by atoms with van der Waals surface area (Å²) in [6.07, 6.45) is 0.0325. The van der Waals surface area contributed by atoms with Crippen LogP contribution < -0.4 is 0 Å². The summed E-state index contributed by atoms with van der Waals surface area (Å²) in [7, 11) is 0. The van der Waals surface area contributed by atoms with Crippen LogP contribution in [0.15, 0.2) is 35.5 Å². The van der Waals surface area contributed by atoms with Gasteiger partial charge in [-0.1, -0.05) is 42.1 Å². The van der Waals surface area contributed by atoms with Crippen molar-refractivity contribution in [1.29, 1.82) is 0 Å². The molecular weight excluding hydrogens is 348 g/mol. The van der Waals surface area contributed by atoms with Crippen molar-refractivity contribution in [2.75, 3.05) is 25.4 Å². The predicted molar refractivity (Wildman–Crippen MR) is 104 cm³/mol. The summed E-state index contributed by atoms with van der Waals surface area (Å²) in [4.78, 5) is 2.28. The second-order valence-electron chi connectivity index (χ2n) is 6.86. The highest BCUT2D eigenvalue weighted by atomic mass is 32.2. The highest BCUT2D eigenvalue weighted by molar-refractivity contribution is 7.99. The van der Waals surface area contributed by atoms with Crippen molar-refractivity contribution in [1.82, 2.24) is 19.7 Å². The van der Waals surface area contributed by atoms with Crippen LogP contribution in [0.25, 0.3) is 11.4 Å². The average Bonchev–Trinajstić information content (AvgIpc) is 3.02. The zero-order valence-corrected chi connectivity index (χ0v) is 16.5. The molecule has 142 valence electrons. The van der Waals surface area contributed by atoms with Crippen LogP contribution in [0.3, 0.4) is 0 Å². The summed E-state index contributed by atoms with van der Waals surface area (Å²) in [5.74, 6) is 1.48. The zero-order chi connectivity index (χ0) is 18.5. The van der Waals surface area contributed by atoms with E-state index >= 15 is 0 Å². The van der Waals surface area contributed by atoms with Crippen LogP contribution in [0.2, 0.25) is 0 Å². The number of aromatic nitrogens is 3. The van der Waals surface area contributed by atoms with Crippen LogP contribution >= 0.6 is 11.8 Å². The monoisotopic (exact) mass is 376 g/mol. The Morgan fingerprint density at radius 1 is 1.19 bits per heavy atom. The molecule has 6 nitrogen and oxygen atoms in total. The lowest BCUT2D eigenvalue weighted by molar-refractivity contribution is -0.0750. The van der Waals surface area contributed by atoms with E-state index in [2.05, 4.69) is 40.4 Å². The summed E-state index contributed by atoms with van der Waals surface area (Å²) in [6, 6.07) is 10.1. The number of benzene rings is 1. The molecule has 1 saturated heterocycles. The van der Waals surface area contributed by atoms with Crippen molar-refractivity contribution in [3.05, 3.63) is 30.3 Å². The first-order valence-corrected chi connectivity index (χ1v) is 10.2. The number of aliphatic hydroxyl groups is 1. The van der Waals surface area contributed by atoms with Gasteiger partial charge in [0, 0.05) is 37.5 Å². The number of hydrogen-bond acceptors (Lipinski definition) is 6. The van der Waals surface area contributed by atoms with Crippen LogP contribution in [0.1, 0.15) is 20.8 Å². The van der Waals surface area contributed by atoms with E-state index in [4.69, 9.17) is 4.74 Å². The molecule has 7 heteroatoms. The summed E-state index contributed by atoms with van der Waals surface area (Å²) in [5, 5.41) is 20.0. The van der Waals surface area contributed by atoms with Gasteiger partial charge < -0.3 is 14.4 Å². The number of morpholine rings is 1. The smallest absolute Gasteiger partial charge is 0.191 e. The molecule has 0 saturated carbocycles. The minimum Gasteiger partial charge on any atom is -0.391 e. The highest BCUT2D eigenvalue weighted by Crippen LogP contribution is 2.24. The quantitative estimate of drug-likeness (QED) is 0.749. The summed E-state index contributed by atoms with van der Waals surface area (Å²) in [5.41, 5.74) is 1.06. The topological polar surface area (TPSA) is 63.4 Å². The van der Waals surface area contributed by atoms with Crippen LogP contribution in [0.4, 0.5) is 0 Å². The Morgan fingerprint density at radius 3 is 2.54 bits per heavy atom. The predicted octanol–water partition coefficient (Wildman–Crippen LogP) is 2.53. The van der Waals surface area contributed by atoms with Crippen molar-refractivity contribution in [2.45, 2.75) is 50.8 Å². The minimum atomic E-state index is -0.403. The van der Waals surface area contributed by atoms with Gasteiger partial charge in [-0.2, -0.15) is 0 Å². The fraction of sp³-hybridized carbons (Fsp3) is 0.579. The molecule has 2 heterocycles. The first-order chi connectivity index (χ1) is 12.6. The van der Waals surface area contributed by atoms with Gasteiger partial charge in [0.2, 0.25) is 0 Å². The lowest BCUT2D eigenvalue weighted by Crippen LogP contribution is -2.48. The standard InChI is InChI=1S/C19H28N4O2S/c1-4-23-18(16-8-6-5-7-9-16)20-21-19(23)26-13-17(24)12-22-10-14(2)25-15(3)11-22/h5-9,14-15,17,24H,4,10-13H2,1-3H3/t14-,15+,17-/m1/s1.